The minimum Gasteiger partial charge on any atom is -0.497 e. The smallest absolute Gasteiger partial charge is 0.118 e. The van der Waals surface area contributed by atoms with Crippen molar-refractivity contribution in [3.8, 4) is 5.75 Å². The number of methoxy groups -OCH3 is 1. The molecule has 3 nitrogen and oxygen atoms in total. The number of ether oxygens (including phenoxy) is 1. The van der Waals surface area contributed by atoms with Crippen molar-refractivity contribution in [2.45, 2.75) is 37.9 Å². The van der Waals surface area contributed by atoms with E-state index in [0.29, 0.717) is 6.04 Å². The number of rotatable bonds is 5. The van der Waals surface area contributed by atoms with Gasteiger partial charge in [-0.25, -0.2) is 0 Å². The molecule has 2 fully saturated rings. The van der Waals surface area contributed by atoms with Gasteiger partial charge in [0.2, 0.25) is 0 Å². The van der Waals surface area contributed by atoms with E-state index >= 15 is 0 Å². The Morgan fingerprint density at radius 1 is 1.22 bits per heavy atom. The van der Waals surface area contributed by atoms with Crippen molar-refractivity contribution in [1.82, 2.24) is 10.2 Å². The van der Waals surface area contributed by atoms with Crippen molar-refractivity contribution in [1.29, 1.82) is 0 Å². The fraction of sp³-hybridized carbons (Fsp3) is 0.600. The van der Waals surface area contributed by atoms with Crippen LogP contribution in [0, 0.1) is 0 Å². The van der Waals surface area contributed by atoms with E-state index < -0.39 is 0 Å². The molecule has 1 saturated carbocycles. The summed E-state index contributed by atoms with van der Waals surface area (Å²) >= 11 is 0. The van der Waals surface area contributed by atoms with Crippen molar-refractivity contribution in [3.63, 3.8) is 0 Å². The molecule has 1 unspecified atom stereocenters. The highest BCUT2D eigenvalue weighted by atomic mass is 16.5. The van der Waals surface area contributed by atoms with E-state index in [4.69, 9.17) is 4.74 Å². The molecule has 18 heavy (non-hydrogen) atoms. The number of nitrogens with zero attached hydrogens (tertiary/aromatic N) is 1. The van der Waals surface area contributed by atoms with Gasteiger partial charge in [0.1, 0.15) is 5.75 Å². The van der Waals surface area contributed by atoms with Crippen LogP contribution >= 0.6 is 0 Å². The largest absolute Gasteiger partial charge is 0.497 e. The molecule has 1 aromatic carbocycles. The third kappa shape index (κ3) is 2.85. The van der Waals surface area contributed by atoms with E-state index in [1.807, 2.05) is 12.1 Å². The summed E-state index contributed by atoms with van der Waals surface area (Å²) < 4.78 is 5.17. The minimum absolute atomic E-state index is 0.674. The second-order valence-corrected chi connectivity index (χ2v) is 5.44. The fourth-order valence-corrected chi connectivity index (χ4v) is 2.73. The van der Waals surface area contributed by atoms with Crippen LogP contribution < -0.4 is 10.1 Å². The summed E-state index contributed by atoms with van der Waals surface area (Å²) in [4.78, 5) is 2.64. The van der Waals surface area contributed by atoms with Gasteiger partial charge in [-0.1, -0.05) is 12.1 Å². The average Bonchev–Trinajstić information content (AvgIpc) is 3.16. The first-order chi connectivity index (χ1) is 8.85. The quantitative estimate of drug-likeness (QED) is 0.860. The Hall–Kier alpha value is -1.06. The van der Waals surface area contributed by atoms with E-state index in [1.54, 1.807) is 7.11 Å². The van der Waals surface area contributed by atoms with Gasteiger partial charge in [0.15, 0.2) is 0 Å². The number of nitrogens with one attached hydrogen (secondary N) is 1. The van der Waals surface area contributed by atoms with E-state index in [1.165, 1.54) is 37.9 Å². The number of likely N-dealkylation sites (tertiary alicyclic amines) is 1. The predicted molar refractivity (Wildman–Crippen MR) is 72.8 cm³/mol. The predicted octanol–water partition coefficient (Wildman–Crippen LogP) is 2.02. The van der Waals surface area contributed by atoms with E-state index in [0.717, 1.165) is 18.3 Å². The van der Waals surface area contributed by atoms with E-state index in [9.17, 15) is 0 Å². The molecule has 2 aliphatic rings. The van der Waals surface area contributed by atoms with Gasteiger partial charge in [-0.2, -0.15) is 0 Å². The lowest BCUT2D eigenvalue weighted by Gasteiger charge is -2.15. The summed E-state index contributed by atoms with van der Waals surface area (Å²) in [6.07, 6.45) is 4.14. The van der Waals surface area contributed by atoms with Gasteiger partial charge in [0.25, 0.3) is 0 Å². The van der Waals surface area contributed by atoms with Gasteiger partial charge in [0.05, 0.1) is 7.11 Å². The lowest BCUT2D eigenvalue weighted by Crippen LogP contribution is -2.32. The molecule has 3 rings (SSSR count). The summed E-state index contributed by atoms with van der Waals surface area (Å²) in [5, 5.41) is 3.67. The highest BCUT2D eigenvalue weighted by Gasteiger charge is 2.33. The van der Waals surface area contributed by atoms with Gasteiger partial charge in [-0.05, 0) is 37.0 Å². The molecule has 1 aliphatic heterocycles. The lowest BCUT2D eigenvalue weighted by atomic mass is 10.2. The Kier molecular flexibility index (Phi) is 3.52. The first kappa shape index (κ1) is 12.0. The maximum absolute atomic E-state index is 5.17. The number of hydrogen-bond donors (Lipinski definition) is 1. The third-order valence-corrected chi connectivity index (χ3v) is 4.04. The van der Waals surface area contributed by atoms with Crippen LogP contribution in [0.4, 0.5) is 0 Å². The van der Waals surface area contributed by atoms with Crippen LogP contribution in [0.3, 0.4) is 0 Å². The second-order valence-electron chi connectivity index (χ2n) is 5.44. The van der Waals surface area contributed by atoms with Gasteiger partial charge in [-0.15, -0.1) is 0 Å². The van der Waals surface area contributed by atoms with Crippen molar-refractivity contribution in [3.05, 3.63) is 29.8 Å². The molecule has 98 valence electrons. The molecule has 1 atom stereocenters. The van der Waals surface area contributed by atoms with Crippen molar-refractivity contribution >= 4 is 0 Å². The van der Waals surface area contributed by atoms with Gasteiger partial charge in [-0.3, -0.25) is 4.90 Å². The normalized spacial score (nSPS) is 24.4. The summed E-state index contributed by atoms with van der Waals surface area (Å²) in [5.41, 5.74) is 1.33. The van der Waals surface area contributed by atoms with Crippen molar-refractivity contribution < 1.29 is 4.74 Å². The van der Waals surface area contributed by atoms with Crippen LogP contribution in [0.5, 0.6) is 5.75 Å². The van der Waals surface area contributed by atoms with Crippen molar-refractivity contribution in [2.75, 3.05) is 20.2 Å². The first-order valence-electron chi connectivity index (χ1n) is 6.95. The van der Waals surface area contributed by atoms with Gasteiger partial charge >= 0.3 is 0 Å². The van der Waals surface area contributed by atoms with E-state index in [2.05, 4.69) is 22.3 Å². The summed E-state index contributed by atoms with van der Waals surface area (Å²) in [6, 6.07) is 9.92. The summed E-state index contributed by atoms with van der Waals surface area (Å²) in [5.74, 6) is 0.930. The highest BCUT2D eigenvalue weighted by Crippen LogP contribution is 2.29. The molecular weight excluding hydrogens is 224 g/mol. The Bertz CT molecular complexity index is 386. The zero-order valence-corrected chi connectivity index (χ0v) is 11.1. The second kappa shape index (κ2) is 5.29. The number of hydrogen-bond acceptors (Lipinski definition) is 3. The molecule has 1 heterocycles. The molecule has 1 N–H and O–H groups in total. The average molecular weight is 246 g/mol. The summed E-state index contributed by atoms with van der Waals surface area (Å²) in [6.45, 7) is 3.49. The maximum atomic E-state index is 5.17. The SMILES string of the molecule is COc1ccc(CNC2CCN(C3CC3)C2)cc1. The molecule has 1 aliphatic carbocycles. The lowest BCUT2D eigenvalue weighted by molar-refractivity contribution is 0.317. The van der Waals surface area contributed by atoms with Crippen LogP contribution in [-0.4, -0.2) is 37.2 Å². The summed E-state index contributed by atoms with van der Waals surface area (Å²) in [7, 11) is 1.71. The molecular formula is C15H22N2O. The Morgan fingerprint density at radius 2 is 2.00 bits per heavy atom. The standard InChI is InChI=1S/C15H22N2O/c1-18-15-6-2-12(3-7-15)10-16-13-8-9-17(11-13)14-4-5-14/h2-3,6-7,13-14,16H,4-5,8-11H2,1H3. The minimum atomic E-state index is 0.674. The molecule has 0 spiro atoms. The zero-order chi connectivity index (χ0) is 12.4. The van der Waals surface area contributed by atoms with Crippen LogP contribution in [0.25, 0.3) is 0 Å². The zero-order valence-electron chi connectivity index (χ0n) is 11.1. The number of benzene rings is 1. The molecule has 1 aromatic rings. The Balaban J connectivity index is 1.45. The molecule has 0 amide bonds. The molecule has 0 aromatic heterocycles. The van der Waals surface area contributed by atoms with Crippen LogP contribution in [-0.2, 0) is 6.54 Å². The fourth-order valence-electron chi connectivity index (χ4n) is 2.73. The monoisotopic (exact) mass is 246 g/mol. The highest BCUT2D eigenvalue weighted by molar-refractivity contribution is 5.27. The Labute approximate surface area is 109 Å². The molecule has 0 bridgehead atoms. The van der Waals surface area contributed by atoms with Crippen LogP contribution in [0.1, 0.15) is 24.8 Å². The topological polar surface area (TPSA) is 24.5 Å². The maximum Gasteiger partial charge on any atom is 0.118 e. The van der Waals surface area contributed by atoms with Gasteiger partial charge < -0.3 is 10.1 Å². The molecule has 1 saturated heterocycles. The van der Waals surface area contributed by atoms with Crippen LogP contribution in [0.2, 0.25) is 0 Å². The van der Waals surface area contributed by atoms with Crippen LogP contribution in [0.15, 0.2) is 24.3 Å². The van der Waals surface area contributed by atoms with Gasteiger partial charge in [0, 0.05) is 31.7 Å². The first-order valence-corrected chi connectivity index (χ1v) is 6.95. The van der Waals surface area contributed by atoms with E-state index in [-0.39, 0.29) is 0 Å². The van der Waals surface area contributed by atoms with Crippen molar-refractivity contribution in [2.24, 2.45) is 0 Å². The third-order valence-electron chi connectivity index (χ3n) is 4.04. The molecule has 3 heteroatoms. The molecule has 0 radical (unpaired) electrons. The Morgan fingerprint density at radius 3 is 2.67 bits per heavy atom.